The Balaban J connectivity index is 1.67. The molecule has 0 bridgehead atoms. The SMILES string of the molecule is O=C(C=Cc1ccccc1)N(CCc1cccs1)Cc1ccoc1. The zero-order chi connectivity index (χ0) is 16.6. The van der Waals surface area contributed by atoms with Gasteiger partial charge in [0.1, 0.15) is 0 Å². The van der Waals surface area contributed by atoms with Crippen LogP contribution in [0, 0.1) is 0 Å². The van der Waals surface area contributed by atoms with E-state index in [0.717, 1.165) is 17.5 Å². The monoisotopic (exact) mass is 337 g/mol. The highest BCUT2D eigenvalue weighted by Crippen LogP contribution is 2.13. The van der Waals surface area contributed by atoms with Crippen LogP contribution in [0.15, 0.2) is 76.9 Å². The number of hydrogen-bond acceptors (Lipinski definition) is 3. The van der Waals surface area contributed by atoms with E-state index in [0.29, 0.717) is 13.1 Å². The van der Waals surface area contributed by atoms with Gasteiger partial charge in [0.05, 0.1) is 12.5 Å². The third-order valence-electron chi connectivity index (χ3n) is 3.69. The molecule has 2 heterocycles. The number of carbonyl (C=O) groups is 1. The van der Waals surface area contributed by atoms with Gasteiger partial charge in [-0.2, -0.15) is 0 Å². The zero-order valence-corrected chi connectivity index (χ0v) is 14.1. The van der Waals surface area contributed by atoms with Crippen molar-refractivity contribution in [3.05, 3.63) is 88.5 Å². The summed E-state index contributed by atoms with van der Waals surface area (Å²) in [5.74, 6) is 0.0107. The molecule has 0 radical (unpaired) electrons. The van der Waals surface area contributed by atoms with E-state index < -0.39 is 0 Å². The lowest BCUT2D eigenvalue weighted by Gasteiger charge is -2.20. The van der Waals surface area contributed by atoms with E-state index in [9.17, 15) is 4.79 Å². The Bertz CT molecular complexity index is 761. The van der Waals surface area contributed by atoms with Crippen molar-refractivity contribution in [3.63, 3.8) is 0 Å². The summed E-state index contributed by atoms with van der Waals surface area (Å²) in [5, 5.41) is 2.06. The van der Waals surface area contributed by atoms with Crippen molar-refractivity contribution in [2.24, 2.45) is 0 Å². The first kappa shape index (κ1) is 16.3. The molecule has 24 heavy (non-hydrogen) atoms. The fourth-order valence-corrected chi connectivity index (χ4v) is 3.11. The van der Waals surface area contributed by atoms with Crippen LogP contribution in [-0.4, -0.2) is 17.4 Å². The van der Waals surface area contributed by atoms with E-state index in [1.54, 1.807) is 29.9 Å². The topological polar surface area (TPSA) is 33.5 Å². The van der Waals surface area contributed by atoms with Crippen LogP contribution in [0.3, 0.4) is 0 Å². The van der Waals surface area contributed by atoms with E-state index in [2.05, 4.69) is 11.4 Å². The molecule has 0 spiro atoms. The fourth-order valence-electron chi connectivity index (χ4n) is 2.41. The van der Waals surface area contributed by atoms with E-state index in [1.165, 1.54) is 4.88 Å². The van der Waals surface area contributed by atoms with E-state index in [-0.39, 0.29) is 5.91 Å². The summed E-state index contributed by atoms with van der Waals surface area (Å²) < 4.78 is 5.12. The molecule has 0 atom stereocenters. The average molecular weight is 337 g/mol. The van der Waals surface area contributed by atoms with Crippen LogP contribution in [0.25, 0.3) is 6.08 Å². The van der Waals surface area contributed by atoms with Crippen LogP contribution < -0.4 is 0 Å². The number of carbonyl (C=O) groups excluding carboxylic acids is 1. The van der Waals surface area contributed by atoms with Gasteiger partial charge >= 0.3 is 0 Å². The number of thiophene rings is 1. The third kappa shape index (κ3) is 4.70. The summed E-state index contributed by atoms with van der Waals surface area (Å²) in [5.41, 5.74) is 2.02. The smallest absolute Gasteiger partial charge is 0.246 e. The maximum Gasteiger partial charge on any atom is 0.246 e. The first-order chi connectivity index (χ1) is 11.8. The Kier molecular flexibility index (Phi) is 5.64. The van der Waals surface area contributed by atoms with Gasteiger partial charge in [0.15, 0.2) is 0 Å². The van der Waals surface area contributed by atoms with Crippen molar-refractivity contribution >= 4 is 23.3 Å². The summed E-state index contributed by atoms with van der Waals surface area (Å²) in [6, 6.07) is 15.9. The quantitative estimate of drug-likeness (QED) is 0.589. The van der Waals surface area contributed by atoms with Gasteiger partial charge in [-0.15, -0.1) is 11.3 Å². The normalized spacial score (nSPS) is 11.0. The Hall–Kier alpha value is -2.59. The molecular formula is C20H19NO2S. The van der Waals surface area contributed by atoms with Crippen molar-refractivity contribution in [1.82, 2.24) is 4.90 Å². The molecule has 0 saturated carbocycles. The molecule has 3 nitrogen and oxygen atoms in total. The molecule has 122 valence electrons. The van der Waals surface area contributed by atoms with Crippen molar-refractivity contribution in [3.8, 4) is 0 Å². The number of furan rings is 1. The van der Waals surface area contributed by atoms with Gasteiger partial charge in [-0.05, 0) is 35.6 Å². The summed E-state index contributed by atoms with van der Waals surface area (Å²) in [6.07, 6.45) is 7.68. The van der Waals surface area contributed by atoms with Crippen LogP contribution in [0.4, 0.5) is 0 Å². The molecule has 4 heteroatoms. The van der Waals surface area contributed by atoms with Crippen molar-refractivity contribution < 1.29 is 9.21 Å². The number of nitrogens with zero attached hydrogens (tertiary/aromatic N) is 1. The Morgan fingerprint density at radius 1 is 1.12 bits per heavy atom. The fraction of sp³-hybridized carbons (Fsp3) is 0.150. The summed E-state index contributed by atoms with van der Waals surface area (Å²) in [4.78, 5) is 15.7. The lowest BCUT2D eigenvalue weighted by molar-refractivity contribution is -0.126. The minimum Gasteiger partial charge on any atom is -0.472 e. The molecule has 0 aliphatic heterocycles. The molecule has 3 rings (SSSR count). The molecule has 0 unspecified atom stereocenters. The highest BCUT2D eigenvalue weighted by Gasteiger charge is 2.12. The standard InChI is InChI=1S/C20H19NO2S/c22-20(9-8-17-5-2-1-3-6-17)21(15-18-11-13-23-16-18)12-10-19-7-4-14-24-19/h1-9,11,13-14,16H,10,12,15H2. The van der Waals surface area contributed by atoms with Crippen LogP contribution in [0.2, 0.25) is 0 Å². The van der Waals surface area contributed by atoms with Crippen LogP contribution in [0.5, 0.6) is 0 Å². The molecule has 1 amide bonds. The minimum absolute atomic E-state index is 0.0107. The van der Waals surface area contributed by atoms with Crippen molar-refractivity contribution in [2.45, 2.75) is 13.0 Å². The summed E-state index contributed by atoms with van der Waals surface area (Å²) in [6.45, 7) is 1.24. The Morgan fingerprint density at radius 3 is 2.71 bits per heavy atom. The summed E-state index contributed by atoms with van der Waals surface area (Å²) in [7, 11) is 0. The lowest BCUT2D eigenvalue weighted by Crippen LogP contribution is -2.30. The molecular weight excluding hydrogens is 318 g/mol. The van der Waals surface area contributed by atoms with E-state index in [1.807, 2.05) is 53.4 Å². The average Bonchev–Trinajstić information content (AvgIpc) is 3.31. The maximum atomic E-state index is 12.6. The highest BCUT2D eigenvalue weighted by molar-refractivity contribution is 7.09. The highest BCUT2D eigenvalue weighted by atomic mass is 32.1. The number of amides is 1. The first-order valence-corrected chi connectivity index (χ1v) is 8.75. The molecule has 0 N–H and O–H groups in total. The molecule has 0 aliphatic carbocycles. The molecule has 0 saturated heterocycles. The molecule has 2 aromatic heterocycles. The van der Waals surface area contributed by atoms with Gasteiger partial charge in [-0.3, -0.25) is 4.79 Å². The van der Waals surface area contributed by atoms with Gasteiger partial charge < -0.3 is 9.32 Å². The minimum atomic E-state index is 0.0107. The molecule has 0 fully saturated rings. The molecule has 3 aromatic rings. The predicted octanol–water partition coefficient (Wildman–Crippen LogP) is 4.63. The van der Waals surface area contributed by atoms with Gasteiger partial charge in [-0.25, -0.2) is 0 Å². The number of rotatable bonds is 7. The third-order valence-corrected chi connectivity index (χ3v) is 4.63. The van der Waals surface area contributed by atoms with Gasteiger partial charge in [0.2, 0.25) is 5.91 Å². The van der Waals surface area contributed by atoms with Crippen LogP contribution in [-0.2, 0) is 17.8 Å². The zero-order valence-electron chi connectivity index (χ0n) is 13.3. The number of benzene rings is 1. The largest absolute Gasteiger partial charge is 0.472 e. The van der Waals surface area contributed by atoms with Gasteiger partial charge in [0.25, 0.3) is 0 Å². The van der Waals surface area contributed by atoms with Crippen molar-refractivity contribution in [1.29, 1.82) is 0 Å². The lowest BCUT2D eigenvalue weighted by atomic mass is 10.2. The Morgan fingerprint density at radius 2 is 2.00 bits per heavy atom. The second-order valence-electron chi connectivity index (χ2n) is 5.46. The second kappa shape index (κ2) is 8.31. The second-order valence-corrected chi connectivity index (χ2v) is 6.50. The molecule has 0 aliphatic rings. The number of hydrogen-bond donors (Lipinski definition) is 0. The van der Waals surface area contributed by atoms with Gasteiger partial charge in [0, 0.05) is 29.6 Å². The van der Waals surface area contributed by atoms with Gasteiger partial charge in [-0.1, -0.05) is 36.4 Å². The first-order valence-electron chi connectivity index (χ1n) is 7.87. The van der Waals surface area contributed by atoms with E-state index >= 15 is 0 Å². The van der Waals surface area contributed by atoms with Crippen molar-refractivity contribution in [2.75, 3.05) is 6.54 Å². The van der Waals surface area contributed by atoms with Crippen LogP contribution in [0.1, 0.15) is 16.0 Å². The van der Waals surface area contributed by atoms with E-state index in [4.69, 9.17) is 4.42 Å². The predicted molar refractivity (Wildman–Crippen MR) is 97.6 cm³/mol. The Labute approximate surface area is 145 Å². The summed E-state index contributed by atoms with van der Waals surface area (Å²) >= 11 is 1.72. The maximum absolute atomic E-state index is 12.6. The molecule has 1 aromatic carbocycles. The van der Waals surface area contributed by atoms with Crippen LogP contribution >= 0.6 is 11.3 Å².